The Kier molecular flexibility index (Phi) is 3.53. The molecule has 0 amide bonds. The zero-order valence-corrected chi connectivity index (χ0v) is 10.8. The molecule has 1 unspecified atom stereocenters. The fourth-order valence-electron chi connectivity index (χ4n) is 1.61. The first-order chi connectivity index (χ1) is 7.70. The highest BCUT2D eigenvalue weighted by Gasteiger charge is 2.17. The Morgan fingerprint density at radius 3 is 3.06 bits per heavy atom. The number of rotatable bonds is 3. The van der Waals surface area contributed by atoms with Gasteiger partial charge in [0.2, 0.25) is 0 Å². The maximum absolute atomic E-state index is 4.58. The van der Waals surface area contributed by atoms with Gasteiger partial charge in [-0.15, -0.1) is 0 Å². The summed E-state index contributed by atoms with van der Waals surface area (Å²) in [5.74, 6) is 1.14. The number of amidine groups is 1. The smallest absolute Gasteiger partial charge is 0.157 e. The van der Waals surface area contributed by atoms with E-state index in [1.54, 1.807) is 0 Å². The number of aryl methyl sites for hydroxylation is 1. The molecule has 0 saturated carbocycles. The van der Waals surface area contributed by atoms with Crippen LogP contribution in [-0.2, 0) is 13.6 Å². The molecule has 1 N–H and O–H groups in total. The monoisotopic (exact) mass is 238 g/mol. The number of aliphatic imine (C=N–C) groups is 1. The molecule has 0 spiro atoms. The Morgan fingerprint density at radius 2 is 2.50 bits per heavy atom. The summed E-state index contributed by atoms with van der Waals surface area (Å²) in [7, 11) is 1.96. The van der Waals surface area contributed by atoms with Gasteiger partial charge in [0.1, 0.15) is 0 Å². The molecule has 2 rings (SSSR count). The van der Waals surface area contributed by atoms with Crippen LogP contribution in [0.25, 0.3) is 0 Å². The van der Waals surface area contributed by atoms with Gasteiger partial charge >= 0.3 is 0 Å². The third-order valence-electron chi connectivity index (χ3n) is 2.97. The molecule has 2 heterocycles. The molecule has 88 valence electrons. The largest absolute Gasteiger partial charge is 0.361 e. The summed E-state index contributed by atoms with van der Waals surface area (Å²) in [6, 6.07) is 0.596. The predicted molar refractivity (Wildman–Crippen MR) is 68.8 cm³/mol. The van der Waals surface area contributed by atoms with Crippen molar-refractivity contribution in [3.05, 3.63) is 17.5 Å². The normalized spacial score (nSPS) is 22.7. The standard InChI is InChI=1S/C11H18N4S/c1-4-10-7-16-11(14-10)12-5-9-6-13-15(3)8(9)2/h6,10H,4-5,7H2,1-3H3,(H,12,14). The molecule has 1 aliphatic heterocycles. The summed E-state index contributed by atoms with van der Waals surface area (Å²) < 4.78 is 1.89. The maximum atomic E-state index is 4.58. The van der Waals surface area contributed by atoms with Gasteiger partial charge in [0.15, 0.2) is 5.17 Å². The molecule has 1 saturated heterocycles. The molecule has 4 nitrogen and oxygen atoms in total. The Bertz CT molecular complexity index is 397. The van der Waals surface area contributed by atoms with Crippen molar-refractivity contribution in [2.75, 3.05) is 5.75 Å². The summed E-state index contributed by atoms with van der Waals surface area (Å²) in [5.41, 5.74) is 2.40. The highest BCUT2D eigenvalue weighted by atomic mass is 32.2. The van der Waals surface area contributed by atoms with Crippen LogP contribution in [0.3, 0.4) is 0 Å². The SMILES string of the molecule is CCC1CSC(=NCc2cnn(C)c2C)N1. The van der Waals surface area contributed by atoms with Crippen LogP contribution >= 0.6 is 11.8 Å². The maximum Gasteiger partial charge on any atom is 0.157 e. The first-order valence-corrected chi connectivity index (χ1v) is 6.60. The van der Waals surface area contributed by atoms with E-state index < -0.39 is 0 Å². The lowest BCUT2D eigenvalue weighted by atomic mass is 10.2. The number of aromatic nitrogens is 2. The van der Waals surface area contributed by atoms with Gasteiger partial charge < -0.3 is 5.32 Å². The molecule has 0 bridgehead atoms. The van der Waals surface area contributed by atoms with Crippen molar-refractivity contribution in [1.82, 2.24) is 15.1 Å². The van der Waals surface area contributed by atoms with Crippen molar-refractivity contribution in [1.29, 1.82) is 0 Å². The van der Waals surface area contributed by atoms with Crippen LogP contribution in [0.2, 0.25) is 0 Å². The van der Waals surface area contributed by atoms with Crippen molar-refractivity contribution < 1.29 is 0 Å². The van der Waals surface area contributed by atoms with Gasteiger partial charge in [-0.3, -0.25) is 9.67 Å². The molecule has 16 heavy (non-hydrogen) atoms. The molecule has 0 aliphatic carbocycles. The van der Waals surface area contributed by atoms with Crippen LogP contribution in [0.5, 0.6) is 0 Å². The van der Waals surface area contributed by atoms with E-state index in [0.29, 0.717) is 6.04 Å². The van der Waals surface area contributed by atoms with Crippen molar-refractivity contribution in [2.24, 2.45) is 12.0 Å². The Morgan fingerprint density at radius 1 is 1.69 bits per heavy atom. The van der Waals surface area contributed by atoms with E-state index in [-0.39, 0.29) is 0 Å². The molecule has 1 aromatic heterocycles. The van der Waals surface area contributed by atoms with Crippen LogP contribution in [-0.4, -0.2) is 26.7 Å². The lowest BCUT2D eigenvalue weighted by molar-refractivity contribution is 0.666. The second-order valence-electron chi connectivity index (χ2n) is 4.06. The minimum Gasteiger partial charge on any atom is -0.361 e. The van der Waals surface area contributed by atoms with E-state index in [1.807, 2.05) is 29.7 Å². The van der Waals surface area contributed by atoms with Gasteiger partial charge in [0.05, 0.1) is 12.7 Å². The molecule has 1 aromatic rings. The zero-order valence-electron chi connectivity index (χ0n) is 10.0. The van der Waals surface area contributed by atoms with E-state index >= 15 is 0 Å². The summed E-state index contributed by atoms with van der Waals surface area (Å²) in [5, 5.41) is 8.71. The molecule has 1 aliphatic rings. The predicted octanol–water partition coefficient (Wildman–Crippen LogP) is 1.70. The van der Waals surface area contributed by atoms with E-state index in [0.717, 1.165) is 23.9 Å². The molecule has 1 atom stereocenters. The van der Waals surface area contributed by atoms with Crippen molar-refractivity contribution in [3.8, 4) is 0 Å². The lowest BCUT2D eigenvalue weighted by Crippen LogP contribution is -2.25. The van der Waals surface area contributed by atoms with Gasteiger partial charge in [-0.05, 0) is 13.3 Å². The number of nitrogens with one attached hydrogen (secondary N) is 1. The third kappa shape index (κ3) is 2.40. The molecular weight excluding hydrogens is 220 g/mol. The zero-order chi connectivity index (χ0) is 11.5. The van der Waals surface area contributed by atoms with Gasteiger partial charge in [-0.2, -0.15) is 5.10 Å². The van der Waals surface area contributed by atoms with Gasteiger partial charge in [-0.25, -0.2) is 0 Å². The Hall–Kier alpha value is -0.970. The number of hydrogen-bond acceptors (Lipinski definition) is 3. The number of nitrogens with zero attached hydrogens (tertiary/aromatic N) is 3. The molecular formula is C11H18N4S. The second kappa shape index (κ2) is 4.91. The van der Waals surface area contributed by atoms with Crippen molar-refractivity contribution in [3.63, 3.8) is 0 Å². The third-order valence-corrected chi connectivity index (χ3v) is 4.06. The van der Waals surface area contributed by atoms with Gasteiger partial charge in [0.25, 0.3) is 0 Å². The molecule has 5 heteroatoms. The average molecular weight is 238 g/mol. The summed E-state index contributed by atoms with van der Waals surface area (Å²) in [6.07, 6.45) is 3.06. The van der Waals surface area contributed by atoms with Crippen LogP contribution in [0.4, 0.5) is 0 Å². The quantitative estimate of drug-likeness (QED) is 0.871. The Labute approximate surface area is 101 Å². The van der Waals surface area contributed by atoms with E-state index in [2.05, 4.69) is 29.3 Å². The molecule has 1 fully saturated rings. The van der Waals surface area contributed by atoms with Gasteiger partial charge in [0, 0.05) is 30.1 Å². The summed E-state index contributed by atoms with van der Waals surface area (Å²) in [4.78, 5) is 4.58. The second-order valence-corrected chi connectivity index (χ2v) is 5.07. The topological polar surface area (TPSA) is 42.2 Å². The molecule has 0 aromatic carbocycles. The highest BCUT2D eigenvalue weighted by Crippen LogP contribution is 2.17. The van der Waals surface area contributed by atoms with Crippen molar-refractivity contribution in [2.45, 2.75) is 32.9 Å². The lowest BCUT2D eigenvalue weighted by Gasteiger charge is -2.04. The summed E-state index contributed by atoms with van der Waals surface area (Å²) >= 11 is 1.82. The highest BCUT2D eigenvalue weighted by molar-refractivity contribution is 8.14. The first-order valence-electron chi connectivity index (χ1n) is 5.62. The fraction of sp³-hybridized carbons (Fsp3) is 0.636. The van der Waals surface area contributed by atoms with Crippen molar-refractivity contribution >= 4 is 16.9 Å². The minimum atomic E-state index is 0.596. The Balaban J connectivity index is 1.97. The van der Waals surface area contributed by atoms with E-state index in [4.69, 9.17) is 0 Å². The molecule has 0 radical (unpaired) electrons. The number of thioether (sulfide) groups is 1. The van der Waals surface area contributed by atoms with Gasteiger partial charge in [-0.1, -0.05) is 18.7 Å². The van der Waals surface area contributed by atoms with Crippen LogP contribution < -0.4 is 5.32 Å². The fourth-order valence-corrected chi connectivity index (χ4v) is 2.69. The van der Waals surface area contributed by atoms with E-state index in [1.165, 1.54) is 11.3 Å². The van der Waals surface area contributed by atoms with Crippen LogP contribution in [0, 0.1) is 6.92 Å². The van der Waals surface area contributed by atoms with Crippen LogP contribution in [0.15, 0.2) is 11.2 Å². The summed E-state index contributed by atoms with van der Waals surface area (Å²) in [6.45, 7) is 5.00. The average Bonchev–Trinajstić information content (AvgIpc) is 2.86. The first kappa shape index (κ1) is 11.5. The number of hydrogen-bond donors (Lipinski definition) is 1. The van der Waals surface area contributed by atoms with Crippen LogP contribution in [0.1, 0.15) is 24.6 Å². The minimum absolute atomic E-state index is 0.596. The van der Waals surface area contributed by atoms with E-state index in [9.17, 15) is 0 Å².